The van der Waals surface area contributed by atoms with E-state index < -0.39 is 0 Å². The number of carbonyl (C=O) groups excluding carboxylic acids is 1. The molecule has 1 amide bonds. The summed E-state index contributed by atoms with van der Waals surface area (Å²) in [5.41, 5.74) is 3.38. The summed E-state index contributed by atoms with van der Waals surface area (Å²) < 4.78 is 1.79. The van der Waals surface area contributed by atoms with Gasteiger partial charge in [-0.3, -0.25) is 9.78 Å². The molecule has 0 radical (unpaired) electrons. The van der Waals surface area contributed by atoms with Gasteiger partial charge in [0.25, 0.3) is 0 Å². The number of likely N-dealkylation sites (N-methyl/N-ethyl adjacent to an activating group) is 1. The van der Waals surface area contributed by atoms with Crippen LogP contribution in [0.1, 0.15) is 19.4 Å². The summed E-state index contributed by atoms with van der Waals surface area (Å²) in [5.74, 6) is -0.335. The number of nitrogens with zero attached hydrogens (tertiary/aromatic N) is 5. The van der Waals surface area contributed by atoms with Gasteiger partial charge in [-0.2, -0.15) is 10.4 Å². The Hall–Kier alpha value is -3.72. The second-order valence-electron chi connectivity index (χ2n) is 6.70. The monoisotopic (exact) mass is 385 g/mol. The van der Waals surface area contributed by atoms with Crippen molar-refractivity contribution >= 4 is 12.0 Å². The summed E-state index contributed by atoms with van der Waals surface area (Å²) in [4.78, 5) is 18.5. The molecule has 29 heavy (non-hydrogen) atoms. The second kappa shape index (κ2) is 9.47. The molecule has 1 aromatic carbocycles. The van der Waals surface area contributed by atoms with E-state index in [1.807, 2.05) is 62.5 Å². The van der Waals surface area contributed by atoms with Gasteiger partial charge in [0.1, 0.15) is 5.69 Å². The second-order valence-corrected chi connectivity index (χ2v) is 6.70. The summed E-state index contributed by atoms with van der Waals surface area (Å²) in [7, 11) is 0. The van der Waals surface area contributed by atoms with Crippen molar-refractivity contribution in [2.24, 2.45) is 5.92 Å². The van der Waals surface area contributed by atoms with Crippen LogP contribution in [-0.2, 0) is 4.79 Å². The molecule has 3 rings (SSSR count). The Morgan fingerprint density at radius 3 is 2.72 bits per heavy atom. The first kappa shape index (κ1) is 20.0. The predicted octanol–water partition coefficient (Wildman–Crippen LogP) is 3.96. The normalized spacial score (nSPS) is 11.9. The Balaban J connectivity index is 1.93. The molecule has 1 unspecified atom stereocenters. The van der Waals surface area contributed by atoms with E-state index in [9.17, 15) is 4.79 Å². The highest BCUT2D eigenvalue weighted by Crippen LogP contribution is 2.24. The highest BCUT2D eigenvalue weighted by atomic mass is 16.2. The van der Waals surface area contributed by atoms with Gasteiger partial charge >= 0.3 is 0 Å². The maximum absolute atomic E-state index is 12.6. The number of hydrogen-bond donors (Lipinski definition) is 0. The van der Waals surface area contributed by atoms with Crippen LogP contribution in [0.4, 0.5) is 0 Å². The first-order valence-electron chi connectivity index (χ1n) is 9.54. The van der Waals surface area contributed by atoms with Crippen molar-refractivity contribution in [1.29, 1.82) is 5.26 Å². The van der Waals surface area contributed by atoms with E-state index in [1.54, 1.807) is 34.1 Å². The topological polar surface area (TPSA) is 74.8 Å². The minimum Gasteiger partial charge on any atom is -0.338 e. The molecular formula is C23H23N5O. The first-order chi connectivity index (χ1) is 14.1. The van der Waals surface area contributed by atoms with E-state index in [4.69, 9.17) is 10.4 Å². The number of para-hydroxylation sites is 1. The van der Waals surface area contributed by atoms with Crippen LogP contribution in [0, 0.1) is 17.2 Å². The average molecular weight is 385 g/mol. The van der Waals surface area contributed by atoms with Gasteiger partial charge in [0.2, 0.25) is 5.91 Å². The van der Waals surface area contributed by atoms with Crippen LogP contribution in [0.15, 0.2) is 67.1 Å². The van der Waals surface area contributed by atoms with Crippen molar-refractivity contribution in [3.8, 4) is 23.0 Å². The van der Waals surface area contributed by atoms with Gasteiger partial charge in [0, 0.05) is 48.9 Å². The minimum atomic E-state index is -0.209. The fourth-order valence-corrected chi connectivity index (χ4v) is 2.96. The van der Waals surface area contributed by atoms with Gasteiger partial charge in [0.15, 0.2) is 0 Å². The third-order valence-corrected chi connectivity index (χ3v) is 4.51. The molecule has 1 atom stereocenters. The fraction of sp³-hybridized carbons (Fsp3) is 0.217. The number of nitriles is 1. The molecule has 3 aromatic rings. The largest absolute Gasteiger partial charge is 0.338 e. The number of hydrogen-bond acceptors (Lipinski definition) is 4. The molecule has 2 heterocycles. The van der Waals surface area contributed by atoms with Gasteiger partial charge in [-0.05, 0) is 44.2 Å². The first-order valence-corrected chi connectivity index (χ1v) is 9.54. The summed E-state index contributed by atoms with van der Waals surface area (Å²) in [6.07, 6.45) is 8.68. The lowest BCUT2D eigenvalue weighted by atomic mass is 10.1. The number of aromatic nitrogens is 3. The third-order valence-electron chi connectivity index (χ3n) is 4.51. The van der Waals surface area contributed by atoms with E-state index in [1.165, 1.54) is 0 Å². The maximum atomic E-state index is 12.6. The van der Waals surface area contributed by atoms with Crippen LogP contribution < -0.4 is 0 Å². The average Bonchev–Trinajstić information content (AvgIpc) is 3.21. The smallest absolute Gasteiger partial charge is 0.246 e. The van der Waals surface area contributed by atoms with Crippen molar-refractivity contribution in [3.63, 3.8) is 0 Å². The summed E-state index contributed by atoms with van der Waals surface area (Å²) in [6, 6.07) is 15.8. The quantitative estimate of drug-likeness (QED) is 0.577. The lowest BCUT2D eigenvalue weighted by Crippen LogP contribution is -2.32. The summed E-state index contributed by atoms with van der Waals surface area (Å²) in [5, 5.41) is 13.7. The molecule has 0 fully saturated rings. The minimum absolute atomic E-state index is 0.126. The van der Waals surface area contributed by atoms with Gasteiger partial charge < -0.3 is 4.90 Å². The van der Waals surface area contributed by atoms with Crippen molar-refractivity contribution in [1.82, 2.24) is 19.7 Å². The predicted molar refractivity (Wildman–Crippen MR) is 113 cm³/mol. The molecule has 0 spiro atoms. The molecule has 0 N–H and O–H groups in total. The van der Waals surface area contributed by atoms with Crippen molar-refractivity contribution in [2.75, 3.05) is 13.1 Å². The van der Waals surface area contributed by atoms with Crippen LogP contribution in [0.5, 0.6) is 0 Å². The van der Waals surface area contributed by atoms with E-state index in [0.717, 1.165) is 22.5 Å². The molecule has 0 aliphatic heterocycles. The lowest BCUT2D eigenvalue weighted by Gasteiger charge is -2.20. The lowest BCUT2D eigenvalue weighted by molar-refractivity contribution is -0.126. The summed E-state index contributed by atoms with van der Waals surface area (Å²) in [6.45, 7) is 4.68. The highest BCUT2D eigenvalue weighted by Gasteiger charge is 2.14. The molecule has 0 aliphatic carbocycles. The Bertz CT molecular complexity index is 1020. The van der Waals surface area contributed by atoms with Crippen molar-refractivity contribution in [2.45, 2.75) is 13.8 Å². The Labute approximate surface area is 170 Å². The van der Waals surface area contributed by atoms with Gasteiger partial charge in [-0.1, -0.05) is 18.2 Å². The zero-order valence-electron chi connectivity index (χ0n) is 16.6. The molecule has 0 saturated heterocycles. The van der Waals surface area contributed by atoms with Crippen molar-refractivity contribution < 1.29 is 4.79 Å². The number of pyridine rings is 1. The number of rotatable bonds is 7. The fourth-order valence-electron chi connectivity index (χ4n) is 2.96. The number of carbonyl (C=O) groups is 1. The van der Waals surface area contributed by atoms with Gasteiger partial charge in [0.05, 0.1) is 17.7 Å². The molecule has 0 saturated carbocycles. The van der Waals surface area contributed by atoms with Gasteiger partial charge in [-0.25, -0.2) is 4.68 Å². The molecule has 6 heteroatoms. The SMILES string of the molecule is CCN(CC(C)C#N)C(=O)/C=C/c1cn(-c2ccccc2)nc1-c1cccnc1. The molecule has 6 nitrogen and oxygen atoms in total. The standard InChI is InChI=1S/C23H23N5O/c1-3-27(16-18(2)14-24)22(29)12-11-20-17-28(21-9-5-4-6-10-21)26-23(20)19-8-7-13-25-15-19/h4-13,15,17-18H,3,16H2,1-2H3/b12-11+. The van der Waals surface area contributed by atoms with E-state index in [2.05, 4.69) is 11.1 Å². The van der Waals surface area contributed by atoms with Crippen LogP contribution in [-0.4, -0.2) is 38.7 Å². The van der Waals surface area contributed by atoms with E-state index in [0.29, 0.717) is 13.1 Å². The molecule has 146 valence electrons. The zero-order chi connectivity index (χ0) is 20.6. The highest BCUT2D eigenvalue weighted by molar-refractivity contribution is 5.92. The Morgan fingerprint density at radius 2 is 2.07 bits per heavy atom. The molecule has 0 aliphatic rings. The Kier molecular flexibility index (Phi) is 6.54. The van der Waals surface area contributed by atoms with Crippen molar-refractivity contribution in [3.05, 3.63) is 72.7 Å². The van der Waals surface area contributed by atoms with Crippen LogP contribution in [0.2, 0.25) is 0 Å². The van der Waals surface area contributed by atoms with Gasteiger partial charge in [-0.15, -0.1) is 0 Å². The Morgan fingerprint density at radius 1 is 1.28 bits per heavy atom. The summed E-state index contributed by atoms with van der Waals surface area (Å²) >= 11 is 0. The zero-order valence-corrected chi connectivity index (χ0v) is 16.6. The number of amides is 1. The molecule has 0 bridgehead atoms. The number of benzene rings is 1. The maximum Gasteiger partial charge on any atom is 0.246 e. The van der Waals surface area contributed by atoms with Crippen LogP contribution in [0.3, 0.4) is 0 Å². The van der Waals surface area contributed by atoms with Crippen LogP contribution in [0.25, 0.3) is 23.0 Å². The van der Waals surface area contributed by atoms with E-state index >= 15 is 0 Å². The van der Waals surface area contributed by atoms with E-state index in [-0.39, 0.29) is 11.8 Å². The third kappa shape index (κ3) is 4.96. The molecular weight excluding hydrogens is 362 g/mol. The molecule has 2 aromatic heterocycles. The van der Waals surface area contributed by atoms with Crippen LogP contribution >= 0.6 is 0 Å².